The van der Waals surface area contributed by atoms with Crippen molar-refractivity contribution in [3.05, 3.63) is 72.6 Å². The summed E-state index contributed by atoms with van der Waals surface area (Å²) in [6.45, 7) is 8.35. The number of aromatic nitrogens is 4. The lowest BCUT2D eigenvalue weighted by molar-refractivity contribution is -0.144. The molecular formula is C40H49N7O5. The van der Waals surface area contributed by atoms with Crippen LogP contribution in [0.25, 0.3) is 33.6 Å². The van der Waals surface area contributed by atoms with Gasteiger partial charge in [0.15, 0.2) is 0 Å². The summed E-state index contributed by atoms with van der Waals surface area (Å²) in [6, 6.07) is 16.0. The van der Waals surface area contributed by atoms with E-state index >= 15 is 0 Å². The van der Waals surface area contributed by atoms with Gasteiger partial charge in [0.05, 0.1) is 56.2 Å². The Balaban J connectivity index is 0.998. The first kappa shape index (κ1) is 35.4. The average molecular weight is 708 g/mol. The fourth-order valence-electron chi connectivity index (χ4n) is 8.05. The smallest absolute Gasteiger partial charge is 0.407 e. The van der Waals surface area contributed by atoms with Crippen molar-refractivity contribution in [2.45, 2.75) is 76.9 Å². The molecular weight excluding hydrogens is 658 g/mol. The zero-order valence-electron chi connectivity index (χ0n) is 30.4. The highest BCUT2D eigenvalue weighted by Gasteiger charge is 2.40. The van der Waals surface area contributed by atoms with Crippen molar-refractivity contribution < 1.29 is 23.9 Å². The summed E-state index contributed by atoms with van der Waals surface area (Å²) in [7, 11) is 1.30. The lowest BCUT2D eigenvalue weighted by Gasteiger charge is -2.36. The number of ether oxygens (including phenoxy) is 2. The molecule has 2 saturated heterocycles. The van der Waals surface area contributed by atoms with Crippen LogP contribution in [-0.4, -0.2) is 93.1 Å². The van der Waals surface area contributed by atoms with Crippen molar-refractivity contribution in [3.63, 3.8) is 0 Å². The van der Waals surface area contributed by atoms with Crippen LogP contribution in [0.2, 0.25) is 0 Å². The summed E-state index contributed by atoms with van der Waals surface area (Å²) in [6.07, 6.45) is 7.64. The van der Waals surface area contributed by atoms with Crippen LogP contribution in [0, 0.1) is 11.8 Å². The SMILES string of the molecule is COC(=O)N[C@@H](C(=O)N1CCC[C@H]1c1ncc(-c2ccc(-c3ccc(-c4cnc([C@@H]5CCC[C@H]5C(=O)N5CCOC[C@H]5C)[nH]4)cc3)cc2)[nH]1)C(C)C. The van der Waals surface area contributed by atoms with Crippen molar-refractivity contribution in [2.75, 3.05) is 33.4 Å². The molecule has 3 amide bonds. The van der Waals surface area contributed by atoms with Gasteiger partial charge in [-0.15, -0.1) is 0 Å². The van der Waals surface area contributed by atoms with Crippen LogP contribution in [0.5, 0.6) is 0 Å². The van der Waals surface area contributed by atoms with Crippen LogP contribution < -0.4 is 5.32 Å². The standard InChI is InChI=1S/C40H49N7O5/c1-24(2)35(45-40(50)51-4)39(49)47-18-6-9-34(47)37-42-22-33(44-37)29-16-12-27(13-17-29)26-10-14-28(15-11-26)32-21-41-36(43-32)30-7-5-8-31(30)38(48)46-19-20-52-23-25(46)3/h10-17,21-22,24-25,30-31,34-35H,5-9,18-20,23H2,1-4H3,(H,41,43)(H,42,44)(H,45,50)/t25-,30-,31-,34+,35-/m1/s1. The Hall–Kier alpha value is -4.97. The number of hydrogen-bond acceptors (Lipinski definition) is 7. The largest absolute Gasteiger partial charge is 0.453 e. The van der Waals surface area contributed by atoms with Crippen molar-refractivity contribution in [1.29, 1.82) is 0 Å². The van der Waals surface area contributed by atoms with E-state index in [1.807, 2.05) is 36.0 Å². The molecule has 2 aliphatic heterocycles. The van der Waals surface area contributed by atoms with Crippen LogP contribution in [0.1, 0.15) is 76.5 Å². The molecule has 274 valence electrons. The molecule has 0 spiro atoms. The van der Waals surface area contributed by atoms with Crippen LogP contribution in [-0.2, 0) is 19.1 Å². The molecule has 0 bridgehead atoms. The molecule has 2 aromatic carbocycles. The molecule has 4 heterocycles. The minimum absolute atomic E-state index is 0.0424. The van der Waals surface area contributed by atoms with E-state index in [2.05, 4.69) is 75.7 Å². The molecule has 2 aromatic heterocycles. The number of aromatic amines is 2. The number of methoxy groups -OCH3 is 1. The topological polar surface area (TPSA) is 146 Å². The van der Waals surface area contributed by atoms with Gasteiger partial charge in [-0.3, -0.25) is 9.59 Å². The van der Waals surface area contributed by atoms with Crippen molar-refractivity contribution >= 4 is 17.9 Å². The quantitative estimate of drug-likeness (QED) is 0.185. The second-order valence-corrected chi connectivity index (χ2v) is 14.7. The number of amides is 3. The molecule has 1 aliphatic carbocycles. The number of hydrogen-bond donors (Lipinski definition) is 3. The Bertz CT molecular complexity index is 1870. The van der Waals surface area contributed by atoms with Crippen molar-refractivity contribution in [1.82, 2.24) is 35.1 Å². The van der Waals surface area contributed by atoms with Crippen molar-refractivity contribution in [3.8, 4) is 33.6 Å². The molecule has 3 fully saturated rings. The van der Waals surface area contributed by atoms with Gasteiger partial charge in [0.2, 0.25) is 11.8 Å². The van der Waals surface area contributed by atoms with E-state index in [4.69, 9.17) is 14.5 Å². The first-order valence-corrected chi connectivity index (χ1v) is 18.6. The Morgan fingerprint density at radius 2 is 1.44 bits per heavy atom. The molecule has 12 nitrogen and oxygen atoms in total. The zero-order chi connectivity index (χ0) is 36.4. The third-order valence-corrected chi connectivity index (χ3v) is 11.0. The van der Waals surface area contributed by atoms with E-state index in [1.54, 1.807) is 0 Å². The number of rotatable bonds is 9. The summed E-state index contributed by atoms with van der Waals surface area (Å²) in [5.74, 6) is 1.72. The number of nitrogens with one attached hydrogen (secondary N) is 3. The molecule has 5 atom stereocenters. The number of imidazole rings is 2. The van der Waals surface area contributed by atoms with E-state index in [1.165, 1.54) is 7.11 Å². The zero-order valence-corrected chi connectivity index (χ0v) is 30.4. The fourth-order valence-corrected chi connectivity index (χ4v) is 8.05. The number of benzene rings is 2. The average Bonchev–Trinajstić information content (AvgIpc) is 4.00. The second kappa shape index (κ2) is 15.3. The molecule has 0 unspecified atom stereocenters. The summed E-state index contributed by atoms with van der Waals surface area (Å²) < 4.78 is 10.3. The maximum atomic E-state index is 13.5. The summed E-state index contributed by atoms with van der Waals surface area (Å²) in [5, 5.41) is 2.70. The van der Waals surface area contributed by atoms with Crippen LogP contribution in [0.4, 0.5) is 4.79 Å². The van der Waals surface area contributed by atoms with Gasteiger partial charge in [0, 0.05) is 24.9 Å². The van der Waals surface area contributed by atoms with E-state index < -0.39 is 12.1 Å². The highest BCUT2D eigenvalue weighted by Crippen LogP contribution is 2.41. The van der Waals surface area contributed by atoms with Crippen molar-refractivity contribution in [2.24, 2.45) is 11.8 Å². The Kier molecular flexibility index (Phi) is 10.4. The number of alkyl carbamates (subject to hydrolysis) is 1. The third-order valence-electron chi connectivity index (χ3n) is 11.0. The van der Waals surface area contributed by atoms with E-state index in [9.17, 15) is 14.4 Å². The van der Waals surface area contributed by atoms with Gasteiger partial charge in [-0.25, -0.2) is 14.8 Å². The molecule has 3 N–H and O–H groups in total. The Morgan fingerprint density at radius 3 is 2.06 bits per heavy atom. The van der Waals surface area contributed by atoms with E-state index in [0.29, 0.717) is 26.3 Å². The number of H-pyrrole nitrogens is 2. The van der Waals surface area contributed by atoms with Gasteiger partial charge in [-0.1, -0.05) is 68.8 Å². The van der Waals surface area contributed by atoms with E-state index in [0.717, 1.165) is 77.4 Å². The predicted molar refractivity (Wildman–Crippen MR) is 197 cm³/mol. The first-order chi connectivity index (χ1) is 25.2. The maximum absolute atomic E-state index is 13.5. The summed E-state index contributed by atoms with van der Waals surface area (Å²) in [4.78, 5) is 59.2. The Labute approximate surface area is 304 Å². The number of likely N-dealkylation sites (tertiary alicyclic amines) is 1. The molecule has 1 saturated carbocycles. The summed E-state index contributed by atoms with van der Waals surface area (Å²) >= 11 is 0. The lowest BCUT2D eigenvalue weighted by Crippen LogP contribution is -2.51. The molecule has 52 heavy (non-hydrogen) atoms. The fraction of sp³-hybridized carbons (Fsp3) is 0.475. The van der Waals surface area contributed by atoms with Gasteiger partial charge in [-0.05, 0) is 60.8 Å². The third kappa shape index (κ3) is 7.21. The molecule has 4 aromatic rings. The van der Waals surface area contributed by atoms with Gasteiger partial charge in [0.25, 0.3) is 0 Å². The van der Waals surface area contributed by atoms with E-state index in [-0.39, 0.29) is 41.7 Å². The number of nitrogens with zero attached hydrogens (tertiary/aromatic N) is 4. The minimum atomic E-state index is -0.674. The number of carbonyl (C=O) groups excluding carboxylic acids is 3. The number of carbonyl (C=O) groups is 3. The second-order valence-electron chi connectivity index (χ2n) is 14.7. The molecule has 0 radical (unpaired) electrons. The van der Waals surface area contributed by atoms with Crippen LogP contribution in [0.15, 0.2) is 60.9 Å². The van der Waals surface area contributed by atoms with Gasteiger partial charge < -0.3 is 34.6 Å². The molecule has 3 aliphatic rings. The first-order valence-electron chi connectivity index (χ1n) is 18.6. The van der Waals surface area contributed by atoms with Gasteiger partial charge in [-0.2, -0.15) is 0 Å². The molecule has 12 heteroatoms. The number of morpholine rings is 1. The highest BCUT2D eigenvalue weighted by molar-refractivity contribution is 5.86. The Morgan fingerprint density at radius 1 is 0.827 bits per heavy atom. The maximum Gasteiger partial charge on any atom is 0.407 e. The predicted octanol–water partition coefficient (Wildman–Crippen LogP) is 6.31. The molecule has 7 rings (SSSR count). The normalized spacial score (nSPS) is 22.5. The van der Waals surface area contributed by atoms with Gasteiger partial charge >= 0.3 is 6.09 Å². The van der Waals surface area contributed by atoms with Crippen LogP contribution >= 0.6 is 0 Å². The lowest BCUT2D eigenvalue weighted by atomic mass is 9.93. The van der Waals surface area contributed by atoms with Crippen LogP contribution in [0.3, 0.4) is 0 Å². The highest BCUT2D eigenvalue weighted by atomic mass is 16.5. The minimum Gasteiger partial charge on any atom is -0.453 e. The summed E-state index contributed by atoms with van der Waals surface area (Å²) in [5.41, 5.74) is 6.07. The van der Waals surface area contributed by atoms with Gasteiger partial charge in [0.1, 0.15) is 17.7 Å². The monoisotopic (exact) mass is 707 g/mol.